The van der Waals surface area contributed by atoms with Gasteiger partial charge in [-0.3, -0.25) is 9.48 Å². The molecule has 0 radical (unpaired) electrons. The minimum absolute atomic E-state index is 0.0546. The van der Waals surface area contributed by atoms with Crippen LogP contribution >= 0.6 is 0 Å². The summed E-state index contributed by atoms with van der Waals surface area (Å²) in [5, 5.41) is 16.0. The molecule has 0 fully saturated rings. The predicted octanol–water partition coefficient (Wildman–Crippen LogP) is 3.99. The number of hydrogen-bond donors (Lipinski definition) is 2. The molecular formula is C17H20F3N3O2. The second kappa shape index (κ2) is 6.78. The molecule has 0 bridgehead atoms. The number of aromatic nitrogens is 2. The number of hydrogen-bond acceptors (Lipinski definition) is 3. The van der Waals surface area contributed by atoms with E-state index in [1.165, 1.54) is 6.92 Å². The monoisotopic (exact) mass is 355 g/mol. The number of alkyl halides is 3. The van der Waals surface area contributed by atoms with Crippen LogP contribution in [-0.2, 0) is 17.5 Å². The highest BCUT2D eigenvalue weighted by Gasteiger charge is 2.34. The molecule has 136 valence electrons. The number of aromatic hydroxyl groups is 1. The Bertz CT molecular complexity index is 795. The molecule has 1 amide bonds. The lowest BCUT2D eigenvalue weighted by Gasteiger charge is -2.15. The zero-order chi connectivity index (χ0) is 18.9. The summed E-state index contributed by atoms with van der Waals surface area (Å²) >= 11 is 0. The molecule has 0 aliphatic carbocycles. The number of amides is 1. The van der Waals surface area contributed by atoms with Gasteiger partial charge >= 0.3 is 6.18 Å². The summed E-state index contributed by atoms with van der Waals surface area (Å²) in [4.78, 5) is 12.2. The third-order valence-electron chi connectivity index (χ3n) is 3.83. The smallest absolute Gasteiger partial charge is 0.435 e. The van der Waals surface area contributed by atoms with E-state index in [2.05, 4.69) is 10.4 Å². The van der Waals surface area contributed by atoms with Crippen LogP contribution in [0.1, 0.15) is 42.3 Å². The molecule has 0 saturated carbocycles. The lowest BCUT2D eigenvalue weighted by Crippen LogP contribution is -2.21. The Hall–Kier alpha value is -2.51. The van der Waals surface area contributed by atoms with Crippen molar-refractivity contribution in [2.24, 2.45) is 0 Å². The van der Waals surface area contributed by atoms with Gasteiger partial charge in [-0.25, -0.2) is 0 Å². The van der Waals surface area contributed by atoms with Crippen molar-refractivity contribution >= 4 is 11.6 Å². The molecule has 0 saturated heterocycles. The van der Waals surface area contributed by atoms with E-state index < -0.39 is 17.8 Å². The minimum Gasteiger partial charge on any atom is -0.508 e. The van der Waals surface area contributed by atoms with Gasteiger partial charge in [0.15, 0.2) is 5.69 Å². The molecule has 0 spiro atoms. The number of nitrogens with one attached hydrogen (secondary N) is 1. The highest BCUT2D eigenvalue weighted by atomic mass is 19.4. The van der Waals surface area contributed by atoms with Crippen LogP contribution in [0.5, 0.6) is 5.75 Å². The predicted molar refractivity (Wildman–Crippen MR) is 87.5 cm³/mol. The standard InChI is InChI=1S/C17H20F3N3O2/c1-9(2)12-7-13(10(3)5-14(12)24)21-16(25)8-23-11(4)6-15(22-23)17(18,19)20/h5-7,9,24H,8H2,1-4H3,(H,21,25). The normalized spacial score (nSPS) is 11.8. The molecule has 0 aliphatic heterocycles. The Balaban J connectivity index is 2.19. The number of rotatable bonds is 4. The van der Waals surface area contributed by atoms with E-state index in [1.54, 1.807) is 19.1 Å². The SMILES string of the molecule is Cc1cc(O)c(C(C)C)cc1NC(=O)Cn1nc(C(F)(F)F)cc1C. The summed E-state index contributed by atoms with van der Waals surface area (Å²) in [5.41, 5.74) is 1.06. The van der Waals surface area contributed by atoms with Crippen LogP contribution < -0.4 is 5.32 Å². The van der Waals surface area contributed by atoms with E-state index in [4.69, 9.17) is 0 Å². The maximum Gasteiger partial charge on any atom is 0.435 e. The first-order chi connectivity index (χ1) is 11.5. The van der Waals surface area contributed by atoms with Crippen molar-refractivity contribution in [1.29, 1.82) is 0 Å². The fourth-order valence-electron chi connectivity index (χ4n) is 2.44. The number of aryl methyl sites for hydroxylation is 2. The van der Waals surface area contributed by atoms with Crippen molar-refractivity contribution < 1.29 is 23.1 Å². The third kappa shape index (κ3) is 4.32. The first-order valence-corrected chi connectivity index (χ1v) is 7.74. The summed E-state index contributed by atoms with van der Waals surface area (Å²) in [7, 11) is 0. The van der Waals surface area contributed by atoms with Crippen LogP contribution in [0.3, 0.4) is 0 Å². The van der Waals surface area contributed by atoms with Gasteiger partial charge in [0.1, 0.15) is 12.3 Å². The number of phenolic OH excluding ortho intramolecular Hbond substituents is 1. The van der Waals surface area contributed by atoms with Crippen molar-refractivity contribution in [1.82, 2.24) is 9.78 Å². The van der Waals surface area contributed by atoms with Gasteiger partial charge in [-0.15, -0.1) is 0 Å². The van der Waals surface area contributed by atoms with Crippen LogP contribution in [0, 0.1) is 13.8 Å². The molecule has 25 heavy (non-hydrogen) atoms. The number of benzene rings is 1. The van der Waals surface area contributed by atoms with Crippen molar-refractivity contribution in [3.05, 3.63) is 40.7 Å². The van der Waals surface area contributed by atoms with Crippen molar-refractivity contribution in [3.8, 4) is 5.75 Å². The van der Waals surface area contributed by atoms with E-state index >= 15 is 0 Å². The Morgan fingerprint density at radius 2 is 1.92 bits per heavy atom. The van der Waals surface area contributed by atoms with Gasteiger partial charge in [0.2, 0.25) is 5.91 Å². The summed E-state index contributed by atoms with van der Waals surface area (Å²) in [6.07, 6.45) is -4.55. The van der Waals surface area contributed by atoms with Gasteiger partial charge in [-0.2, -0.15) is 18.3 Å². The largest absolute Gasteiger partial charge is 0.508 e. The van der Waals surface area contributed by atoms with E-state index in [0.29, 0.717) is 16.8 Å². The van der Waals surface area contributed by atoms with E-state index in [1.807, 2.05) is 13.8 Å². The van der Waals surface area contributed by atoms with Gasteiger partial charge in [0.05, 0.1) is 0 Å². The number of carbonyl (C=O) groups excluding carboxylic acids is 1. The summed E-state index contributed by atoms with van der Waals surface area (Å²) in [6.45, 7) is 6.65. The molecule has 0 aliphatic rings. The molecule has 5 nitrogen and oxygen atoms in total. The second-order valence-corrected chi connectivity index (χ2v) is 6.26. The minimum atomic E-state index is -4.55. The van der Waals surface area contributed by atoms with Crippen LogP contribution in [-0.4, -0.2) is 20.8 Å². The van der Waals surface area contributed by atoms with Crippen molar-refractivity contribution in [3.63, 3.8) is 0 Å². The molecule has 1 aromatic carbocycles. The van der Waals surface area contributed by atoms with E-state index in [-0.39, 0.29) is 23.9 Å². The Morgan fingerprint density at radius 1 is 1.28 bits per heavy atom. The Morgan fingerprint density at radius 3 is 2.44 bits per heavy atom. The highest BCUT2D eigenvalue weighted by Crippen LogP contribution is 2.31. The molecule has 0 atom stereocenters. The molecule has 2 rings (SSSR count). The molecule has 1 heterocycles. The topological polar surface area (TPSA) is 67.2 Å². The summed E-state index contributed by atoms with van der Waals surface area (Å²) in [6, 6.07) is 4.12. The Labute approximate surface area is 143 Å². The van der Waals surface area contributed by atoms with Crippen molar-refractivity contribution in [2.45, 2.75) is 46.3 Å². The van der Waals surface area contributed by atoms with E-state index in [0.717, 1.165) is 10.7 Å². The number of carbonyl (C=O) groups is 1. The fourth-order valence-corrected chi connectivity index (χ4v) is 2.44. The second-order valence-electron chi connectivity index (χ2n) is 6.26. The van der Waals surface area contributed by atoms with Gasteiger partial charge in [0.25, 0.3) is 0 Å². The summed E-state index contributed by atoms with van der Waals surface area (Å²) in [5.74, 6) is -0.300. The van der Waals surface area contributed by atoms with Crippen LogP contribution in [0.15, 0.2) is 18.2 Å². The lowest BCUT2D eigenvalue weighted by molar-refractivity contribution is -0.141. The summed E-state index contributed by atoms with van der Waals surface area (Å²) < 4.78 is 39.0. The van der Waals surface area contributed by atoms with Gasteiger partial charge in [-0.05, 0) is 49.1 Å². The molecule has 2 aromatic rings. The lowest BCUT2D eigenvalue weighted by atomic mass is 9.99. The number of halogens is 3. The fraction of sp³-hybridized carbons (Fsp3) is 0.412. The first kappa shape index (κ1) is 18.8. The van der Waals surface area contributed by atoms with Gasteiger partial charge < -0.3 is 10.4 Å². The highest BCUT2D eigenvalue weighted by molar-refractivity contribution is 5.91. The number of phenols is 1. The van der Waals surface area contributed by atoms with Crippen LogP contribution in [0.25, 0.3) is 0 Å². The molecule has 8 heteroatoms. The molecule has 0 unspecified atom stereocenters. The zero-order valence-corrected chi connectivity index (χ0v) is 14.4. The van der Waals surface area contributed by atoms with Gasteiger partial charge in [-0.1, -0.05) is 13.8 Å². The number of anilines is 1. The average molecular weight is 355 g/mol. The zero-order valence-electron chi connectivity index (χ0n) is 14.4. The van der Waals surface area contributed by atoms with Gasteiger partial charge in [0, 0.05) is 11.4 Å². The maximum absolute atomic E-state index is 12.7. The van der Waals surface area contributed by atoms with Crippen LogP contribution in [0.4, 0.5) is 18.9 Å². The van der Waals surface area contributed by atoms with Crippen LogP contribution in [0.2, 0.25) is 0 Å². The Kier molecular flexibility index (Phi) is 5.10. The maximum atomic E-state index is 12.7. The molecule has 2 N–H and O–H groups in total. The van der Waals surface area contributed by atoms with Crippen molar-refractivity contribution in [2.75, 3.05) is 5.32 Å². The first-order valence-electron chi connectivity index (χ1n) is 7.74. The molecular weight excluding hydrogens is 335 g/mol. The molecule has 1 aromatic heterocycles. The number of nitrogens with zero attached hydrogens (tertiary/aromatic N) is 2. The van der Waals surface area contributed by atoms with E-state index in [9.17, 15) is 23.1 Å². The average Bonchev–Trinajstić information content (AvgIpc) is 2.82. The third-order valence-corrected chi connectivity index (χ3v) is 3.83. The quantitative estimate of drug-likeness (QED) is 0.815.